The topological polar surface area (TPSA) is 0 Å². The SMILES string of the molecule is FC1=C(F)C(F)(Cl)C(Cl)(Cl)C(Cl)C1. The molecule has 13 heavy (non-hydrogen) atoms. The van der Waals surface area contributed by atoms with Crippen molar-refractivity contribution in [3.8, 4) is 0 Å². The summed E-state index contributed by atoms with van der Waals surface area (Å²) in [6.45, 7) is 0. The van der Waals surface area contributed by atoms with Crippen LogP contribution in [0.2, 0.25) is 0 Å². The molecule has 0 nitrogen and oxygen atoms in total. The Hall–Kier alpha value is 0.690. The van der Waals surface area contributed by atoms with Gasteiger partial charge in [-0.3, -0.25) is 0 Å². The summed E-state index contributed by atoms with van der Waals surface area (Å²) < 4.78 is 36.3. The normalized spacial score (nSPS) is 39.5. The van der Waals surface area contributed by atoms with Crippen LogP contribution in [0, 0.1) is 0 Å². The summed E-state index contributed by atoms with van der Waals surface area (Å²) in [6.07, 6.45) is -0.585. The third-order valence-corrected chi connectivity index (χ3v) is 4.09. The molecule has 0 aromatic heterocycles. The van der Waals surface area contributed by atoms with Crippen LogP contribution < -0.4 is 0 Å². The van der Waals surface area contributed by atoms with Crippen molar-refractivity contribution in [3.05, 3.63) is 11.7 Å². The van der Waals surface area contributed by atoms with Crippen LogP contribution in [0.15, 0.2) is 11.7 Å². The van der Waals surface area contributed by atoms with Gasteiger partial charge in [-0.05, 0) is 0 Å². The maximum atomic E-state index is 13.3. The first-order valence-corrected chi connectivity index (χ1v) is 4.72. The maximum Gasteiger partial charge on any atom is 0.271 e. The van der Waals surface area contributed by atoms with Gasteiger partial charge in [0.15, 0.2) is 10.2 Å². The van der Waals surface area contributed by atoms with Gasteiger partial charge in [0.25, 0.3) is 5.13 Å². The van der Waals surface area contributed by atoms with Crippen LogP contribution in [0.5, 0.6) is 0 Å². The molecule has 2 unspecified atom stereocenters. The Morgan fingerprint density at radius 2 is 1.69 bits per heavy atom. The fraction of sp³-hybridized carbons (Fsp3) is 0.667. The smallest absolute Gasteiger partial charge is 0.215 e. The molecule has 1 aliphatic rings. The van der Waals surface area contributed by atoms with Crippen molar-refractivity contribution in [2.45, 2.75) is 21.3 Å². The first kappa shape index (κ1) is 11.8. The third kappa shape index (κ3) is 1.65. The fourth-order valence-corrected chi connectivity index (χ4v) is 1.78. The van der Waals surface area contributed by atoms with Crippen molar-refractivity contribution in [1.29, 1.82) is 0 Å². The fourth-order valence-electron chi connectivity index (χ4n) is 0.889. The maximum absolute atomic E-state index is 13.3. The Balaban J connectivity index is 3.22. The molecule has 76 valence electrons. The predicted molar refractivity (Wildman–Crippen MR) is 47.6 cm³/mol. The lowest BCUT2D eigenvalue weighted by atomic mass is 10.0. The van der Waals surface area contributed by atoms with Crippen molar-refractivity contribution in [2.75, 3.05) is 0 Å². The van der Waals surface area contributed by atoms with Crippen LogP contribution in [0.4, 0.5) is 13.2 Å². The van der Waals surface area contributed by atoms with E-state index in [1.165, 1.54) is 0 Å². The summed E-state index contributed by atoms with van der Waals surface area (Å²) in [5.74, 6) is -3.18. The molecule has 7 heteroatoms. The van der Waals surface area contributed by atoms with Crippen LogP contribution in [0.1, 0.15) is 6.42 Å². The molecule has 0 aliphatic heterocycles. The van der Waals surface area contributed by atoms with Crippen LogP contribution >= 0.6 is 46.4 Å². The van der Waals surface area contributed by atoms with Gasteiger partial charge in [0.05, 0.1) is 5.38 Å². The molecule has 0 aromatic carbocycles. The Kier molecular flexibility index (Phi) is 3.05. The van der Waals surface area contributed by atoms with E-state index in [0.29, 0.717) is 0 Å². The Labute approximate surface area is 92.6 Å². The lowest BCUT2D eigenvalue weighted by Crippen LogP contribution is -2.48. The molecule has 0 aromatic rings. The van der Waals surface area contributed by atoms with Gasteiger partial charge in [-0.1, -0.05) is 34.8 Å². The van der Waals surface area contributed by atoms with Gasteiger partial charge in [-0.25, -0.2) is 13.2 Å². The van der Waals surface area contributed by atoms with Gasteiger partial charge in [-0.2, -0.15) is 0 Å². The lowest BCUT2D eigenvalue weighted by molar-refractivity contribution is 0.214. The van der Waals surface area contributed by atoms with Crippen molar-refractivity contribution >= 4 is 46.4 Å². The summed E-state index contributed by atoms with van der Waals surface area (Å²) in [4.78, 5) is 0. The first-order chi connectivity index (χ1) is 5.71. The van der Waals surface area contributed by atoms with Crippen molar-refractivity contribution in [3.63, 3.8) is 0 Å². The summed E-state index contributed by atoms with van der Waals surface area (Å²) in [7, 11) is 0. The number of hydrogen-bond donors (Lipinski definition) is 0. The predicted octanol–water partition coefficient (Wildman–Crippen LogP) is 4.23. The molecular formula is C6H3Cl4F3. The number of rotatable bonds is 0. The first-order valence-electron chi connectivity index (χ1n) is 3.15. The molecule has 1 rings (SSSR count). The molecule has 0 saturated heterocycles. The number of allylic oxidation sites excluding steroid dienone is 2. The molecule has 2 atom stereocenters. The van der Waals surface area contributed by atoms with Crippen molar-refractivity contribution in [1.82, 2.24) is 0 Å². The van der Waals surface area contributed by atoms with Crippen molar-refractivity contribution in [2.24, 2.45) is 0 Å². The van der Waals surface area contributed by atoms with Crippen LogP contribution in [-0.4, -0.2) is 14.8 Å². The van der Waals surface area contributed by atoms with Crippen molar-refractivity contribution < 1.29 is 13.2 Å². The average molecular weight is 274 g/mol. The van der Waals surface area contributed by atoms with E-state index < -0.39 is 32.9 Å². The second kappa shape index (κ2) is 3.37. The number of hydrogen-bond acceptors (Lipinski definition) is 0. The third-order valence-electron chi connectivity index (χ3n) is 1.68. The Bertz CT molecular complexity index is 261. The minimum atomic E-state index is -3.31. The number of alkyl halides is 5. The molecular weight excluding hydrogens is 271 g/mol. The molecule has 0 amide bonds. The van der Waals surface area contributed by atoms with Crippen LogP contribution in [0.3, 0.4) is 0 Å². The van der Waals surface area contributed by atoms with Gasteiger partial charge in [0, 0.05) is 6.42 Å². The van der Waals surface area contributed by atoms with Gasteiger partial charge in [0.1, 0.15) is 5.83 Å². The molecule has 0 radical (unpaired) electrons. The molecule has 0 spiro atoms. The minimum absolute atomic E-state index is 0.585. The second-order valence-corrected chi connectivity index (χ2v) is 5.02. The summed E-state index contributed by atoms with van der Waals surface area (Å²) in [5, 5.41) is -4.64. The van der Waals surface area contributed by atoms with E-state index in [1.54, 1.807) is 0 Å². The van der Waals surface area contributed by atoms with Gasteiger partial charge >= 0.3 is 0 Å². The Morgan fingerprint density at radius 3 is 2.15 bits per heavy atom. The summed E-state index contributed by atoms with van der Waals surface area (Å²) in [5.41, 5.74) is 0. The van der Waals surface area contributed by atoms with E-state index >= 15 is 0 Å². The van der Waals surface area contributed by atoms with Gasteiger partial charge in [-0.15, -0.1) is 11.6 Å². The molecule has 1 aliphatic carbocycles. The molecule has 0 bridgehead atoms. The van der Waals surface area contributed by atoms with E-state index in [2.05, 4.69) is 0 Å². The van der Waals surface area contributed by atoms with Gasteiger partial charge in [0.2, 0.25) is 0 Å². The summed E-state index contributed by atoms with van der Waals surface area (Å²) in [6, 6.07) is 0. The van der Waals surface area contributed by atoms with Crippen LogP contribution in [0.25, 0.3) is 0 Å². The Morgan fingerprint density at radius 1 is 1.23 bits per heavy atom. The minimum Gasteiger partial charge on any atom is -0.215 e. The number of halogens is 7. The quantitative estimate of drug-likeness (QED) is 0.580. The molecule has 0 N–H and O–H groups in total. The largest absolute Gasteiger partial charge is 0.271 e. The molecule has 0 saturated carbocycles. The zero-order valence-corrected chi connectivity index (χ0v) is 8.95. The monoisotopic (exact) mass is 272 g/mol. The van der Waals surface area contributed by atoms with Gasteiger partial charge < -0.3 is 0 Å². The zero-order valence-electron chi connectivity index (χ0n) is 5.93. The standard InChI is InChI=1S/C6H3Cl4F3/c7-3-1-2(11)4(12)6(10,13)5(3,8)9/h3H,1H2. The highest BCUT2D eigenvalue weighted by Crippen LogP contribution is 2.55. The highest BCUT2D eigenvalue weighted by Gasteiger charge is 2.61. The van der Waals surface area contributed by atoms with E-state index in [9.17, 15) is 13.2 Å². The second-order valence-electron chi connectivity index (χ2n) is 2.59. The zero-order chi connectivity index (χ0) is 10.4. The van der Waals surface area contributed by atoms with Crippen LogP contribution in [-0.2, 0) is 0 Å². The highest BCUT2D eigenvalue weighted by molar-refractivity contribution is 6.57. The highest BCUT2D eigenvalue weighted by atomic mass is 35.5. The average Bonchev–Trinajstić information content (AvgIpc) is 2.00. The van der Waals surface area contributed by atoms with E-state index in [0.717, 1.165) is 0 Å². The lowest BCUT2D eigenvalue weighted by Gasteiger charge is -2.36. The summed E-state index contributed by atoms with van der Waals surface area (Å²) >= 11 is 21.2. The van der Waals surface area contributed by atoms with E-state index in [1.807, 2.05) is 0 Å². The molecule has 0 fully saturated rings. The molecule has 0 heterocycles. The van der Waals surface area contributed by atoms with E-state index in [-0.39, 0.29) is 0 Å². The van der Waals surface area contributed by atoms with E-state index in [4.69, 9.17) is 46.4 Å².